The van der Waals surface area contributed by atoms with Crippen LogP contribution in [0.2, 0.25) is 0 Å². The van der Waals surface area contributed by atoms with Crippen LogP contribution in [0.4, 0.5) is 18.9 Å². The van der Waals surface area contributed by atoms with E-state index in [0.717, 1.165) is 6.07 Å². The van der Waals surface area contributed by atoms with Crippen LogP contribution in [0.15, 0.2) is 29.2 Å². The normalized spacial score (nSPS) is 11.7. The van der Waals surface area contributed by atoms with Crippen LogP contribution in [0.25, 0.3) is 0 Å². The van der Waals surface area contributed by atoms with Gasteiger partial charge in [0.05, 0.1) is 10.6 Å². The van der Waals surface area contributed by atoms with E-state index in [1.165, 1.54) is 18.2 Å². The molecule has 0 heterocycles. The number of carbonyl (C=O) groups excluding carboxylic acids is 1. The number of hydrogen-bond donors (Lipinski definition) is 3. The summed E-state index contributed by atoms with van der Waals surface area (Å²) < 4.78 is 61.9. The number of nitrogens with two attached hydrogens (primary N) is 1. The minimum Gasteiger partial charge on any atom is -0.329 e. The maximum atomic E-state index is 12.0. The Labute approximate surface area is 141 Å². The summed E-state index contributed by atoms with van der Waals surface area (Å²) in [5.74, 6) is -1.70. The number of nitrogens with one attached hydrogen (secondary N) is 2. The zero-order valence-corrected chi connectivity index (χ0v) is 14.0. The highest BCUT2D eigenvalue weighted by molar-refractivity contribution is 8.00. The number of carbonyl (C=O) groups is 1. The number of benzene rings is 1. The maximum absolute atomic E-state index is 12.0. The van der Waals surface area contributed by atoms with Gasteiger partial charge in [0.15, 0.2) is 0 Å². The molecule has 132 valence electrons. The molecule has 1 aromatic rings. The lowest BCUT2D eigenvalue weighted by Gasteiger charge is -2.09. The number of amides is 1. The van der Waals surface area contributed by atoms with Gasteiger partial charge in [-0.3, -0.25) is 4.79 Å². The Kier molecular flexibility index (Phi) is 8.92. The summed E-state index contributed by atoms with van der Waals surface area (Å²) in [6.45, 7) is 0.158. The van der Waals surface area contributed by atoms with Crippen molar-refractivity contribution in [3.05, 3.63) is 24.3 Å². The summed E-state index contributed by atoms with van der Waals surface area (Å²) in [6, 6.07) is 5.18. The fraction of sp³-hybridized carbons (Fsp3) is 0.364. The van der Waals surface area contributed by atoms with E-state index >= 15 is 0 Å². The first-order valence-corrected chi connectivity index (χ1v) is 8.41. The molecule has 0 fully saturated rings. The van der Waals surface area contributed by atoms with Crippen LogP contribution in [-0.2, 0) is 14.8 Å². The van der Waals surface area contributed by atoms with Gasteiger partial charge in [0.1, 0.15) is 0 Å². The number of rotatable bonds is 7. The zero-order valence-electron chi connectivity index (χ0n) is 11.6. The molecule has 1 rings (SSSR count). The molecule has 0 spiro atoms. The summed E-state index contributed by atoms with van der Waals surface area (Å²) in [6.07, 6.45) is 0. The number of hydrogen-bond acceptors (Lipinski definition) is 5. The smallest absolute Gasteiger partial charge is 0.329 e. The molecule has 1 aromatic carbocycles. The molecule has 0 aliphatic heterocycles. The number of halogens is 4. The van der Waals surface area contributed by atoms with Crippen LogP contribution in [0.3, 0.4) is 0 Å². The molecule has 0 aliphatic rings. The van der Waals surface area contributed by atoms with Crippen LogP contribution in [0.1, 0.15) is 0 Å². The third-order valence-corrected chi connectivity index (χ3v) is 4.42. The second-order valence-electron chi connectivity index (χ2n) is 4.00. The predicted octanol–water partition coefficient (Wildman–Crippen LogP) is 1.54. The van der Waals surface area contributed by atoms with Gasteiger partial charge < -0.3 is 11.1 Å². The molecule has 0 bridgehead atoms. The van der Waals surface area contributed by atoms with Crippen molar-refractivity contribution in [2.75, 3.05) is 24.2 Å². The average Bonchev–Trinajstić information content (AvgIpc) is 2.43. The fourth-order valence-electron chi connectivity index (χ4n) is 1.36. The second kappa shape index (κ2) is 9.33. The minimum absolute atomic E-state index is 0. The first-order chi connectivity index (χ1) is 10.1. The first kappa shape index (κ1) is 22.0. The lowest BCUT2D eigenvalue weighted by Crippen LogP contribution is -2.29. The maximum Gasteiger partial charge on any atom is 0.442 e. The molecule has 12 heteroatoms. The van der Waals surface area contributed by atoms with Crippen molar-refractivity contribution < 1.29 is 26.4 Å². The molecule has 0 radical (unpaired) electrons. The predicted molar refractivity (Wildman–Crippen MR) is 85.1 cm³/mol. The second-order valence-corrected chi connectivity index (χ2v) is 6.80. The zero-order chi connectivity index (χ0) is 16.8. The van der Waals surface area contributed by atoms with Crippen LogP contribution in [-0.4, -0.2) is 38.7 Å². The number of thioether (sulfide) groups is 1. The standard InChI is InChI=1S/C11H14F3N3O3S2.ClH/c12-11(13,14)21-7-10(18)17-8-2-1-3-9(6-8)22(19,20)16-5-4-15;/h1-3,6,16H,4-5,7,15H2,(H,17,18);1H. The Morgan fingerprint density at radius 3 is 2.52 bits per heavy atom. The van der Waals surface area contributed by atoms with Crippen molar-refractivity contribution in [1.29, 1.82) is 0 Å². The largest absolute Gasteiger partial charge is 0.442 e. The van der Waals surface area contributed by atoms with E-state index in [9.17, 15) is 26.4 Å². The Morgan fingerprint density at radius 1 is 1.30 bits per heavy atom. The highest BCUT2D eigenvalue weighted by atomic mass is 35.5. The van der Waals surface area contributed by atoms with Crippen molar-refractivity contribution in [3.8, 4) is 0 Å². The Balaban J connectivity index is 0.00000484. The summed E-state index contributed by atoms with van der Waals surface area (Å²) in [5, 5.41) is 2.21. The highest BCUT2D eigenvalue weighted by Crippen LogP contribution is 2.30. The van der Waals surface area contributed by atoms with Crippen molar-refractivity contribution in [3.63, 3.8) is 0 Å². The molecule has 6 nitrogen and oxygen atoms in total. The molecular formula is C11H15ClF3N3O3S2. The Bertz CT molecular complexity index is 626. The van der Waals surface area contributed by atoms with Crippen molar-refractivity contribution in [1.82, 2.24) is 4.72 Å². The summed E-state index contributed by atoms with van der Waals surface area (Å²) in [4.78, 5) is 11.3. The number of alkyl halides is 3. The molecule has 0 aromatic heterocycles. The number of sulfonamides is 1. The van der Waals surface area contributed by atoms with E-state index < -0.39 is 39.0 Å². The molecule has 0 unspecified atom stereocenters. The molecule has 1 amide bonds. The van der Waals surface area contributed by atoms with E-state index in [4.69, 9.17) is 5.73 Å². The van der Waals surface area contributed by atoms with Crippen LogP contribution >= 0.6 is 24.2 Å². The molecule has 23 heavy (non-hydrogen) atoms. The van der Waals surface area contributed by atoms with Crippen molar-refractivity contribution in [2.24, 2.45) is 5.73 Å². The molecule has 4 N–H and O–H groups in total. The van der Waals surface area contributed by atoms with Gasteiger partial charge in [-0.1, -0.05) is 6.07 Å². The van der Waals surface area contributed by atoms with Gasteiger partial charge in [-0.2, -0.15) is 13.2 Å². The van der Waals surface area contributed by atoms with Gasteiger partial charge in [-0.25, -0.2) is 13.1 Å². The molecular weight excluding hydrogens is 379 g/mol. The summed E-state index contributed by atoms with van der Waals surface area (Å²) >= 11 is -0.475. The van der Waals surface area contributed by atoms with Gasteiger partial charge in [0.25, 0.3) is 0 Å². The third kappa shape index (κ3) is 8.42. The first-order valence-electron chi connectivity index (χ1n) is 5.94. The van der Waals surface area contributed by atoms with Gasteiger partial charge in [0, 0.05) is 18.8 Å². The highest BCUT2D eigenvalue weighted by Gasteiger charge is 2.29. The molecule has 0 atom stereocenters. The monoisotopic (exact) mass is 393 g/mol. The molecule has 0 saturated heterocycles. The lowest BCUT2D eigenvalue weighted by atomic mass is 10.3. The van der Waals surface area contributed by atoms with E-state index in [1.54, 1.807) is 0 Å². The minimum atomic E-state index is -4.51. The van der Waals surface area contributed by atoms with Crippen LogP contribution < -0.4 is 15.8 Å². The summed E-state index contributed by atoms with van der Waals surface area (Å²) in [7, 11) is -3.78. The Hall–Kier alpha value is -1.01. The van der Waals surface area contributed by atoms with Crippen LogP contribution in [0, 0.1) is 0 Å². The number of anilines is 1. The van der Waals surface area contributed by atoms with E-state index in [0.29, 0.717) is 0 Å². The van der Waals surface area contributed by atoms with Gasteiger partial charge in [-0.15, -0.1) is 12.4 Å². The molecule has 0 saturated carbocycles. The van der Waals surface area contributed by atoms with Crippen molar-refractivity contribution in [2.45, 2.75) is 10.4 Å². The fourth-order valence-corrected chi connectivity index (χ4v) is 2.82. The molecule has 0 aliphatic carbocycles. The van der Waals surface area contributed by atoms with E-state index in [-0.39, 0.29) is 36.1 Å². The van der Waals surface area contributed by atoms with Crippen LogP contribution in [0.5, 0.6) is 0 Å². The van der Waals surface area contributed by atoms with E-state index in [2.05, 4.69) is 10.0 Å². The SMILES string of the molecule is Cl.NCCNS(=O)(=O)c1cccc(NC(=O)CSC(F)(F)F)c1. The quantitative estimate of drug-likeness (QED) is 0.652. The van der Waals surface area contributed by atoms with Crippen molar-refractivity contribution >= 4 is 45.8 Å². The van der Waals surface area contributed by atoms with Gasteiger partial charge >= 0.3 is 5.51 Å². The van der Waals surface area contributed by atoms with Gasteiger partial charge in [-0.05, 0) is 30.0 Å². The van der Waals surface area contributed by atoms with Gasteiger partial charge in [0.2, 0.25) is 15.9 Å². The third-order valence-electron chi connectivity index (χ3n) is 2.23. The lowest BCUT2D eigenvalue weighted by molar-refractivity contribution is -0.114. The average molecular weight is 394 g/mol. The Morgan fingerprint density at radius 2 is 1.96 bits per heavy atom. The van der Waals surface area contributed by atoms with E-state index in [1.807, 2.05) is 0 Å². The summed E-state index contributed by atoms with van der Waals surface area (Å²) in [5.41, 5.74) is 0.781. The topological polar surface area (TPSA) is 101 Å².